The summed E-state index contributed by atoms with van der Waals surface area (Å²) in [5, 5.41) is 0. The minimum Gasteiger partial charge on any atom is -1.00 e. The molecule has 0 bridgehead atoms. The zero-order valence-electron chi connectivity index (χ0n) is 6.60. The van der Waals surface area contributed by atoms with Crippen LogP contribution < -0.4 is 18.9 Å². The standard InChI is InChI=1S/C4H12N.2B.Li/c1-5(2,3)4;;;/h1-4H3;;;/q+1;2*-1;+1. The van der Waals surface area contributed by atoms with E-state index in [1.165, 1.54) is 0 Å². The van der Waals surface area contributed by atoms with Gasteiger partial charge in [-0.3, -0.25) is 0 Å². The average Bonchev–Trinajstić information content (AvgIpc) is 0.722. The van der Waals surface area contributed by atoms with Crippen molar-refractivity contribution in [2.24, 2.45) is 0 Å². The summed E-state index contributed by atoms with van der Waals surface area (Å²) in [5.41, 5.74) is 0. The van der Waals surface area contributed by atoms with E-state index in [9.17, 15) is 0 Å². The van der Waals surface area contributed by atoms with Crippen LogP contribution in [-0.4, -0.2) is 49.5 Å². The number of quaternary nitrogens is 1. The van der Waals surface area contributed by atoms with E-state index in [-0.39, 0.29) is 35.7 Å². The fourth-order valence-corrected chi connectivity index (χ4v) is 0. The van der Waals surface area contributed by atoms with Crippen molar-refractivity contribution in [3.8, 4) is 0 Å². The van der Waals surface area contributed by atoms with Gasteiger partial charge in [-0.25, -0.2) is 0 Å². The van der Waals surface area contributed by atoms with Crippen molar-refractivity contribution < 1.29 is 23.3 Å². The summed E-state index contributed by atoms with van der Waals surface area (Å²) in [6, 6.07) is 0. The van der Waals surface area contributed by atoms with Crippen molar-refractivity contribution >= 4 is 16.8 Å². The van der Waals surface area contributed by atoms with Gasteiger partial charge in [-0.05, 0) is 0 Å². The first kappa shape index (κ1) is 23.4. The maximum atomic E-state index is 2.12. The molecule has 0 heterocycles. The van der Waals surface area contributed by atoms with E-state index < -0.39 is 0 Å². The molecule has 8 heavy (non-hydrogen) atoms. The van der Waals surface area contributed by atoms with Gasteiger partial charge in [-0.2, -0.15) is 0 Å². The van der Waals surface area contributed by atoms with Gasteiger partial charge in [0.25, 0.3) is 0 Å². The maximum Gasteiger partial charge on any atom is 1.00 e. The molecule has 4 heteroatoms. The van der Waals surface area contributed by atoms with Crippen LogP contribution in [0, 0.1) is 0 Å². The van der Waals surface area contributed by atoms with Gasteiger partial charge in [0.2, 0.25) is 0 Å². The monoisotopic (exact) mass is 103 g/mol. The topological polar surface area (TPSA) is 0 Å². The summed E-state index contributed by atoms with van der Waals surface area (Å²) < 4.78 is 1.00. The number of hydrogen-bond donors (Lipinski definition) is 0. The Bertz CT molecular complexity index is 29.5. The molecule has 0 rings (SSSR count). The van der Waals surface area contributed by atoms with E-state index in [0.29, 0.717) is 0 Å². The quantitative estimate of drug-likeness (QED) is 0.221. The second-order valence-electron chi connectivity index (χ2n) is 2.68. The number of nitrogens with zero attached hydrogens (tertiary/aromatic N) is 1. The normalized spacial score (nSPS) is 7.50. The molecule has 0 spiro atoms. The predicted octanol–water partition coefficient (Wildman–Crippen LogP) is -3.44. The maximum absolute atomic E-state index is 2.12. The van der Waals surface area contributed by atoms with Crippen LogP contribution in [0.5, 0.6) is 0 Å². The molecule has 0 fully saturated rings. The van der Waals surface area contributed by atoms with Gasteiger partial charge in [0, 0.05) is 0 Å². The zero-order chi connectivity index (χ0) is 4.50. The Hall–Kier alpha value is 0.687. The van der Waals surface area contributed by atoms with Gasteiger partial charge >= 0.3 is 18.9 Å². The molecule has 0 aliphatic carbocycles. The fraction of sp³-hybridized carbons (Fsp3) is 1.00. The summed E-state index contributed by atoms with van der Waals surface area (Å²) >= 11 is 0. The van der Waals surface area contributed by atoms with Crippen molar-refractivity contribution in [1.82, 2.24) is 0 Å². The molecule has 0 aliphatic rings. The molecule has 0 aliphatic heterocycles. The van der Waals surface area contributed by atoms with E-state index in [1.54, 1.807) is 0 Å². The van der Waals surface area contributed by atoms with Crippen molar-refractivity contribution in [2.45, 2.75) is 0 Å². The van der Waals surface area contributed by atoms with Gasteiger partial charge < -0.3 is 21.3 Å². The van der Waals surface area contributed by atoms with Crippen molar-refractivity contribution in [3.05, 3.63) is 0 Å². The van der Waals surface area contributed by atoms with E-state index in [2.05, 4.69) is 28.2 Å². The smallest absolute Gasteiger partial charge is 1.00 e. The molecule has 0 amide bonds. The Morgan fingerprint density at radius 3 is 0.750 bits per heavy atom. The Balaban J connectivity index is -0.0000000267. The molecule has 0 unspecified atom stereocenters. The summed E-state index contributed by atoms with van der Waals surface area (Å²) in [5.74, 6) is 0. The van der Waals surface area contributed by atoms with Crippen LogP contribution in [-0.2, 0) is 0 Å². The Kier molecular flexibility index (Phi) is 22.5. The first-order valence-corrected chi connectivity index (χ1v) is 1.79. The third kappa shape index (κ3) is 458. The molecular formula is C4H12B2LiN. The molecular weight excluding hydrogens is 90.6 g/mol. The molecule has 0 aromatic rings. The molecule has 40 valence electrons. The third-order valence-electron chi connectivity index (χ3n) is 0. The minimum absolute atomic E-state index is 0. The Labute approximate surface area is 68.7 Å². The van der Waals surface area contributed by atoms with E-state index in [0.717, 1.165) is 4.48 Å². The van der Waals surface area contributed by atoms with Crippen molar-refractivity contribution in [3.63, 3.8) is 0 Å². The zero-order valence-corrected chi connectivity index (χ0v) is 6.60. The summed E-state index contributed by atoms with van der Waals surface area (Å²) in [6.07, 6.45) is 0. The second-order valence-corrected chi connectivity index (χ2v) is 2.68. The molecule has 0 saturated carbocycles. The van der Waals surface area contributed by atoms with Crippen LogP contribution in [0.1, 0.15) is 0 Å². The first-order valence-electron chi connectivity index (χ1n) is 1.79. The summed E-state index contributed by atoms with van der Waals surface area (Å²) in [4.78, 5) is 0. The van der Waals surface area contributed by atoms with Crippen LogP contribution in [0.15, 0.2) is 0 Å². The Morgan fingerprint density at radius 2 is 0.750 bits per heavy atom. The van der Waals surface area contributed by atoms with E-state index in [1.807, 2.05) is 0 Å². The third-order valence-corrected chi connectivity index (χ3v) is 0. The molecule has 0 atom stereocenters. The second kappa shape index (κ2) is 7.69. The van der Waals surface area contributed by atoms with Crippen LogP contribution in [0.3, 0.4) is 0 Å². The molecule has 0 saturated heterocycles. The van der Waals surface area contributed by atoms with E-state index >= 15 is 0 Å². The molecule has 0 aromatic carbocycles. The van der Waals surface area contributed by atoms with Crippen LogP contribution in [0.25, 0.3) is 0 Å². The Morgan fingerprint density at radius 1 is 0.750 bits per heavy atom. The summed E-state index contributed by atoms with van der Waals surface area (Å²) in [6.45, 7) is 0. The first-order chi connectivity index (χ1) is 2.00. The van der Waals surface area contributed by atoms with Gasteiger partial charge in [-0.15, -0.1) is 0 Å². The summed E-state index contributed by atoms with van der Waals surface area (Å²) in [7, 11) is 8.50. The molecule has 0 aromatic heterocycles. The molecule has 8 radical (unpaired) electrons. The molecule has 0 N–H and O–H groups in total. The predicted molar refractivity (Wildman–Crippen MR) is 35.5 cm³/mol. The van der Waals surface area contributed by atoms with Crippen molar-refractivity contribution in [1.29, 1.82) is 0 Å². The largest absolute Gasteiger partial charge is 1.00 e. The molecule has 1 nitrogen and oxygen atoms in total. The average molecular weight is 103 g/mol. The minimum atomic E-state index is 0. The number of rotatable bonds is 0. The van der Waals surface area contributed by atoms with Gasteiger partial charge in [0.05, 0.1) is 28.2 Å². The van der Waals surface area contributed by atoms with Gasteiger partial charge in [0.15, 0.2) is 0 Å². The fourth-order valence-electron chi connectivity index (χ4n) is 0. The van der Waals surface area contributed by atoms with Crippen LogP contribution in [0.2, 0.25) is 0 Å². The SMILES string of the molecule is C[N+](C)(C)C.[B-].[B-].[Li+]. The van der Waals surface area contributed by atoms with E-state index in [4.69, 9.17) is 0 Å². The number of hydrogen-bond acceptors (Lipinski definition) is 0. The van der Waals surface area contributed by atoms with Gasteiger partial charge in [0.1, 0.15) is 0 Å². The van der Waals surface area contributed by atoms with Crippen LogP contribution >= 0.6 is 0 Å². The van der Waals surface area contributed by atoms with Crippen LogP contribution in [0.4, 0.5) is 0 Å². The van der Waals surface area contributed by atoms with Crippen molar-refractivity contribution in [2.75, 3.05) is 28.2 Å². The van der Waals surface area contributed by atoms with Gasteiger partial charge in [-0.1, -0.05) is 0 Å².